The van der Waals surface area contributed by atoms with E-state index in [0.717, 1.165) is 29.8 Å². The predicted octanol–water partition coefficient (Wildman–Crippen LogP) is 2.00. The first-order valence-corrected chi connectivity index (χ1v) is 8.56. The fourth-order valence-electron chi connectivity index (χ4n) is 3.04. The highest BCUT2D eigenvalue weighted by Crippen LogP contribution is 2.33. The summed E-state index contributed by atoms with van der Waals surface area (Å²) in [4.78, 5) is 26.6. The second kappa shape index (κ2) is 7.51. The number of carbonyl (C=O) groups excluding carboxylic acids is 1. The second-order valence-corrected chi connectivity index (χ2v) is 6.32. The summed E-state index contributed by atoms with van der Waals surface area (Å²) >= 11 is 0. The fourth-order valence-corrected chi connectivity index (χ4v) is 3.04. The topological polar surface area (TPSA) is 67.2 Å². The van der Waals surface area contributed by atoms with Crippen molar-refractivity contribution in [3.05, 3.63) is 57.5 Å². The molecule has 1 aliphatic rings. The van der Waals surface area contributed by atoms with Gasteiger partial charge in [0.1, 0.15) is 0 Å². The van der Waals surface area contributed by atoms with Gasteiger partial charge in [0.2, 0.25) is 5.43 Å². The quantitative estimate of drug-likeness (QED) is 0.866. The Kier molecular flexibility index (Phi) is 5.31. The van der Waals surface area contributed by atoms with Gasteiger partial charge >= 0.3 is 6.18 Å². The smallest absolute Gasteiger partial charge is 0.336 e. The van der Waals surface area contributed by atoms with Crippen LogP contribution in [0.25, 0.3) is 5.69 Å². The van der Waals surface area contributed by atoms with Crippen LogP contribution < -0.4 is 10.7 Å². The predicted molar refractivity (Wildman–Crippen MR) is 93.0 cm³/mol. The zero-order valence-corrected chi connectivity index (χ0v) is 14.7. The molecule has 0 aliphatic carbocycles. The van der Waals surface area contributed by atoms with Gasteiger partial charge in [-0.25, -0.2) is 4.68 Å². The average molecular weight is 380 g/mol. The summed E-state index contributed by atoms with van der Waals surface area (Å²) in [6.45, 7) is 3.69. The van der Waals surface area contributed by atoms with E-state index in [1.807, 2.05) is 0 Å². The van der Waals surface area contributed by atoms with Gasteiger partial charge < -0.3 is 10.2 Å². The third-order valence-corrected chi connectivity index (χ3v) is 4.37. The first-order valence-electron chi connectivity index (χ1n) is 8.56. The minimum Gasteiger partial charge on any atom is -0.336 e. The Morgan fingerprint density at radius 1 is 1.19 bits per heavy atom. The summed E-state index contributed by atoms with van der Waals surface area (Å²) in [5.74, 6) is -0.568. The molecule has 1 fully saturated rings. The van der Waals surface area contributed by atoms with Crippen molar-refractivity contribution in [1.29, 1.82) is 0 Å². The fraction of sp³-hybridized carbons (Fsp3) is 0.389. The van der Waals surface area contributed by atoms with E-state index < -0.39 is 23.1 Å². The number of nitrogens with zero attached hydrogens (tertiary/aromatic N) is 3. The zero-order chi connectivity index (χ0) is 19.6. The number of alkyl halides is 3. The molecule has 27 heavy (non-hydrogen) atoms. The highest BCUT2D eigenvalue weighted by Gasteiger charge is 2.34. The molecule has 2 heterocycles. The third kappa shape index (κ3) is 4.02. The Balaban J connectivity index is 2.08. The SMILES string of the molecule is Cc1cc(=O)c(C(=O)N2CCCNCC2)nn1-c1ccccc1C(F)(F)F. The Morgan fingerprint density at radius 2 is 1.93 bits per heavy atom. The van der Waals surface area contributed by atoms with E-state index in [-0.39, 0.29) is 17.1 Å². The molecule has 0 radical (unpaired) electrons. The van der Waals surface area contributed by atoms with Crippen LogP contribution in [0.15, 0.2) is 35.1 Å². The van der Waals surface area contributed by atoms with Crippen LogP contribution in [0.4, 0.5) is 13.2 Å². The normalized spacial score (nSPS) is 15.5. The molecule has 9 heteroatoms. The molecule has 1 aromatic heterocycles. The first-order chi connectivity index (χ1) is 12.8. The number of hydrogen-bond donors (Lipinski definition) is 1. The molecule has 1 amide bonds. The van der Waals surface area contributed by atoms with Crippen LogP contribution in [0, 0.1) is 6.92 Å². The molecule has 3 rings (SSSR count). The Labute approximate surface area is 153 Å². The summed E-state index contributed by atoms with van der Waals surface area (Å²) < 4.78 is 41.1. The van der Waals surface area contributed by atoms with Crippen molar-refractivity contribution < 1.29 is 18.0 Å². The number of amides is 1. The number of aromatic nitrogens is 2. The summed E-state index contributed by atoms with van der Waals surface area (Å²) in [6, 6.07) is 6.07. The van der Waals surface area contributed by atoms with E-state index in [4.69, 9.17) is 0 Å². The molecule has 1 N–H and O–H groups in total. The van der Waals surface area contributed by atoms with E-state index in [1.54, 1.807) is 0 Å². The lowest BCUT2D eigenvalue weighted by atomic mass is 10.1. The van der Waals surface area contributed by atoms with Crippen molar-refractivity contribution in [1.82, 2.24) is 20.0 Å². The lowest BCUT2D eigenvalue weighted by Crippen LogP contribution is -2.38. The van der Waals surface area contributed by atoms with Crippen molar-refractivity contribution in [2.24, 2.45) is 0 Å². The molecule has 0 unspecified atom stereocenters. The molecule has 6 nitrogen and oxygen atoms in total. The van der Waals surface area contributed by atoms with Crippen LogP contribution >= 0.6 is 0 Å². The minimum absolute atomic E-state index is 0.214. The van der Waals surface area contributed by atoms with Crippen LogP contribution in [0.1, 0.15) is 28.2 Å². The lowest BCUT2D eigenvalue weighted by Gasteiger charge is -2.21. The zero-order valence-electron chi connectivity index (χ0n) is 14.7. The van der Waals surface area contributed by atoms with Gasteiger partial charge in [-0.15, -0.1) is 0 Å². The van der Waals surface area contributed by atoms with Crippen molar-refractivity contribution in [2.75, 3.05) is 26.2 Å². The van der Waals surface area contributed by atoms with E-state index in [2.05, 4.69) is 10.4 Å². The van der Waals surface area contributed by atoms with Crippen molar-refractivity contribution in [3.63, 3.8) is 0 Å². The summed E-state index contributed by atoms with van der Waals surface area (Å²) in [7, 11) is 0. The monoisotopic (exact) mass is 380 g/mol. The Bertz CT molecular complexity index is 900. The molecule has 1 aromatic carbocycles. The van der Waals surface area contributed by atoms with Crippen LogP contribution in [0.3, 0.4) is 0 Å². The van der Waals surface area contributed by atoms with Gasteiger partial charge in [0, 0.05) is 31.4 Å². The molecule has 2 aromatic rings. The highest BCUT2D eigenvalue weighted by atomic mass is 19.4. The average Bonchev–Trinajstić information content (AvgIpc) is 2.90. The maximum absolute atomic E-state index is 13.4. The molecule has 1 saturated heterocycles. The summed E-state index contributed by atoms with van der Waals surface area (Å²) in [5.41, 5.74) is -1.88. The van der Waals surface area contributed by atoms with Gasteiger partial charge in [-0.3, -0.25) is 9.59 Å². The maximum atomic E-state index is 13.4. The van der Waals surface area contributed by atoms with E-state index in [9.17, 15) is 22.8 Å². The summed E-state index contributed by atoms with van der Waals surface area (Å²) in [6.07, 6.45) is -3.86. The first kappa shape index (κ1) is 19.1. The van der Waals surface area contributed by atoms with Gasteiger partial charge in [-0.05, 0) is 32.0 Å². The van der Waals surface area contributed by atoms with Gasteiger partial charge in [0.05, 0.1) is 11.3 Å². The van der Waals surface area contributed by atoms with Crippen molar-refractivity contribution >= 4 is 5.91 Å². The number of para-hydroxylation sites is 1. The van der Waals surface area contributed by atoms with Gasteiger partial charge in [-0.2, -0.15) is 18.3 Å². The Morgan fingerprint density at radius 3 is 2.67 bits per heavy atom. The van der Waals surface area contributed by atoms with E-state index in [1.165, 1.54) is 30.0 Å². The second-order valence-electron chi connectivity index (χ2n) is 6.32. The molecule has 1 aliphatic heterocycles. The molecule has 0 atom stereocenters. The lowest BCUT2D eigenvalue weighted by molar-refractivity contribution is -0.137. The van der Waals surface area contributed by atoms with Crippen molar-refractivity contribution in [3.8, 4) is 5.69 Å². The molecule has 0 bridgehead atoms. The molecule has 0 spiro atoms. The molecular weight excluding hydrogens is 361 g/mol. The number of rotatable bonds is 2. The van der Waals surface area contributed by atoms with Gasteiger partial charge in [0.25, 0.3) is 5.91 Å². The van der Waals surface area contributed by atoms with Crippen LogP contribution in [-0.2, 0) is 6.18 Å². The minimum atomic E-state index is -4.59. The van der Waals surface area contributed by atoms with Crippen molar-refractivity contribution in [2.45, 2.75) is 19.5 Å². The van der Waals surface area contributed by atoms with E-state index in [0.29, 0.717) is 19.6 Å². The molecule has 144 valence electrons. The number of benzene rings is 1. The van der Waals surface area contributed by atoms with Crippen LogP contribution in [0.2, 0.25) is 0 Å². The highest BCUT2D eigenvalue weighted by molar-refractivity contribution is 5.92. The van der Waals surface area contributed by atoms with Crippen LogP contribution in [-0.4, -0.2) is 46.8 Å². The Hall–Kier alpha value is -2.68. The molecule has 0 saturated carbocycles. The number of halogens is 3. The largest absolute Gasteiger partial charge is 0.418 e. The number of carbonyl (C=O) groups is 1. The maximum Gasteiger partial charge on any atom is 0.418 e. The van der Waals surface area contributed by atoms with Gasteiger partial charge in [0.15, 0.2) is 5.69 Å². The van der Waals surface area contributed by atoms with Crippen LogP contribution in [0.5, 0.6) is 0 Å². The summed E-state index contributed by atoms with van der Waals surface area (Å²) in [5, 5.41) is 7.16. The van der Waals surface area contributed by atoms with E-state index >= 15 is 0 Å². The third-order valence-electron chi connectivity index (χ3n) is 4.37. The molecular formula is C18H19F3N4O2. The number of nitrogens with one attached hydrogen (secondary N) is 1. The number of hydrogen-bond acceptors (Lipinski definition) is 4. The van der Waals surface area contributed by atoms with Gasteiger partial charge in [-0.1, -0.05) is 12.1 Å². The standard InChI is InChI=1S/C18H19F3N4O2/c1-12-11-15(26)16(17(27)24-9-4-7-22-8-10-24)23-25(12)14-6-3-2-5-13(14)18(19,20)21/h2-3,5-6,11,22H,4,7-10H2,1H3. The number of aryl methyl sites for hydroxylation is 1.